The molecule has 0 atom stereocenters. The first-order valence-corrected chi connectivity index (χ1v) is 11.4. The van der Waals surface area contributed by atoms with Crippen LogP contribution in [0.3, 0.4) is 0 Å². The molecule has 1 aromatic heterocycles. The number of carbonyl (C=O) groups is 2. The number of ketones is 1. The van der Waals surface area contributed by atoms with Gasteiger partial charge < -0.3 is 9.73 Å². The average molecular weight is 530 g/mol. The number of nitrogens with one attached hydrogen (secondary N) is 2. The van der Waals surface area contributed by atoms with Crippen LogP contribution in [0.2, 0.25) is 15.1 Å². The molecule has 9 heteroatoms. The Hall–Kier alpha value is -3.16. The number of carbonyl (C=O) groups excluding carboxylic acids is 2. The Balaban J connectivity index is 1.48. The van der Waals surface area contributed by atoms with E-state index in [1.807, 2.05) is 6.07 Å². The predicted octanol–water partition coefficient (Wildman–Crippen LogP) is 7.26. The molecule has 1 heterocycles. The summed E-state index contributed by atoms with van der Waals surface area (Å²) in [5, 5.41) is 6.60. The monoisotopic (exact) mass is 528 g/mol. The zero-order chi connectivity index (χ0) is 24.2. The molecule has 0 unspecified atom stereocenters. The zero-order valence-corrected chi connectivity index (χ0v) is 20.4. The lowest BCUT2D eigenvalue weighted by molar-refractivity contribution is 0.0951. The van der Waals surface area contributed by atoms with E-state index in [2.05, 4.69) is 10.6 Å². The fourth-order valence-electron chi connectivity index (χ4n) is 3.14. The topological polar surface area (TPSA) is 71.3 Å². The Kier molecular flexibility index (Phi) is 7.34. The van der Waals surface area contributed by atoms with E-state index in [0.717, 1.165) is 0 Å². The molecule has 1 amide bonds. The van der Waals surface area contributed by atoms with Crippen molar-refractivity contribution in [2.75, 3.05) is 5.32 Å². The van der Waals surface area contributed by atoms with E-state index in [9.17, 15) is 9.59 Å². The van der Waals surface area contributed by atoms with Gasteiger partial charge in [-0.2, -0.15) is 0 Å². The molecule has 0 radical (unpaired) electrons. The summed E-state index contributed by atoms with van der Waals surface area (Å²) in [5.41, 5.74) is 1.88. The molecule has 170 valence electrons. The second-order valence-electron chi connectivity index (χ2n) is 7.09. The van der Waals surface area contributed by atoms with Crippen LogP contribution in [0.5, 0.6) is 0 Å². The van der Waals surface area contributed by atoms with Gasteiger partial charge in [0.25, 0.3) is 5.91 Å². The van der Waals surface area contributed by atoms with Crippen molar-refractivity contribution in [2.45, 2.75) is 0 Å². The number of thiocarbonyl (C=S) groups is 1. The average Bonchev–Trinajstić information content (AvgIpc) is 3.32. The molecule has 0 aliphatic heterocycles. The van der Waals surface area contributed by atoms with Gasteiger partial charge in [-0.05, 0) is 60.7 Å². The summed E-state index contributed by atoms with van der Waals surface area (Å²) in [5.74, 6) is -0.316. The van der Waals surface area contributed by atoms with E-state index in [4.69, 9.17) is 51.4 Å². The molecule has 5 nitrogen and oxygen atoms in total. The van der Waals surface area contributed by atoms with Crippen LogP contribution in [0, 0.1) is 0 Å². The summed E-state index contributed by atoms with van der Waals surface area (Å²) in [6, 6.07) is 21.7. The Morgan fingerprint density at radius 3 is 2.32 bits per heavy atom. The van der Waals surface area contributed by atoms with Crippen molar-refractivity contribution in [3.63, 3.8) is 0 Å². The standard InChI is InChI=1S/C25H15Cl3N2O3S/c26-16-7-9-20(17(13-16)23(31)14-4-2-1-3-5-14)29-25(34)30-24(32)22-11-10-21(33-22)15-6-8-18(27)19(28)12-15/h1-13H,(H2,29,30,32,34). The Bertz CT molecular complexity index is 1400. The quantitative estimate of drug-likeness (QED) is 0.210. The minimum absolute atomic E-state index is 0.0121. The number of benzene rings is 3. The number of hydrogen-bond acceptors (Lipinski definition) is 4. The fraction of sp³-hybridized carbons (Fsp3) is 0. The predicted molar refractivity (Wildman–Crippen MR) is 139 cm³/mol. The van der Waals surface area contributed by atoms with Crippen molar-refractivity contribution < 1.29 is 14.0 Å². The Labute approximate surface area is 215 Å². The molecule has 34 heavy (non-hydrogen) atoms. The summed E-state index contributed by atoms with van der Waals surface area (Å²) in [6.45, 7) is 0. The third-order valence-corrected chi connectivity index (χ3v) is 5.95. The minimum Gasteiger partial charge on any atom is -0.451 e. The maximum absolute atomic E-state index is 13.0. The number of hydrogen-bond donors (Lipinski definition) is 2. The molecule has 3 aromatic carbocycles. The van der Waals surface area contributed by atoms with Gasteiger partial charge in [-0.1, -0.05) is 65.1 Å². The zero-order valence-electron chi connectivity index (χ0n) is 17.3. The molecule has 0 aliphatic rings. The summed E-state index contributed by atoms with van der Waals surface area (Å²) in [4.78, 5) is 25.6. The minimum atomic E-state index is -0.561. The summed E-state index contributed by atoms with van der Waals surface area (Å²) >= 11 is 23.4. The van der Waals surface area contributed by atoms with Crippen molar-refractivity contribution in [1.29, 1.82) is 0 Å². The van der Waals surface area contributed by atoms with E-state index in [1.165, 1.54) is 6.07 Å². The van der Waals surface area contributed by atoms with Crippen LogP contribution in [0.1, 0.15) is 26.5 Å². The lowest BCUT2D eigenvalue weighted by Gasteiger charge is -2.13. The lowest BCUT2D eigenvalue weighted by Crippen LogP contribution is -2.34. The van der Waals surface area contributed by atoms with Gasteiger partial charge in [0, 0.05) is 21.7 Å². The highest BCUT2D eigenvalue weighted by molar-refractivity contribution is 7.80. The van der Waals surface area contributed by atoms with E-state index in [0.29, 0.717) is 43.2 Å². The second kappa shape index (κ2) is 10.4. The number of halogens is 3. The second-order valence-corrected chi connectivity index (χ2v) is 8.75. The van der Waals surface area contributed by atoms with E-state index in [1.54, 1.807) is 66.7 Å². The van der Waals surface area contributed by atoms with Crippen molar-refractivity contribution in [3.05, 3.63) is 111 Å². The van der Waals surface area contributed by atoms with Gasteiger partial charge in [0.05, 0.1) is 15.7 Å². The van der Waals surface area contributed by atoms with E-state index in [-0.39, 0.29) is 16.7 Å². The molecular formula is C25H15Cl3N2O3S. The highest BCUT2D eigenvalue weighted by Gasteiger charge is 2.18. The summed E-state index contributed by atoms with van der Waals surface area (Å²) in [7, 11) is 0. The van der Waals surface area contributed by atoms with Crippen LogP contribution in [-0.4, -0.2) is 16.8 Å². The smallest absolute Gasteiger partial charge is 0.293 e. The van der Waals surface area contributed by atoms with Gasteiger partial charge in [0.1, 0.15) is 5.76 Å². The summed E-state index contributed by atoms with van der Waals surface area (Å²) < 4.78 is 5.64. The SMILES string of the molecule is O=C(NC(=S)Nc1ccc(Cl)cc1C(=O)c1ccccc1)c1ccc(-c2ccc(Cl)c(Cl)c2)o1. The van der Waals surface area contributed by atoms with Crippen molar-refractivity contribution >= 4 is 69.5 Å². The molecule has 4 rings (SSSR count). The van der Waals surface area contributed by atoms with Gasteiger partial charge in [0.15, 0.2) is 16.7 Å². The Morgan fingerprint density at radius 1 is 0.824 bits per heavy atom. The number of furan rings is 1. The number of anilines is 1. The first kappa shape index (κ1) is 24.0. The molecule has 0 bridgehead atoms. The van der Waals surface area contributed by atoms with Crippen LogP contribution in [-0.2, 0) is 0 Å². The van der Waals surface area contributed by atoms with Gasteiger partial charge >= 0.3 is 0 Å². The third-order valence-electron chi connectivity index (χ3n) is 4.77. The van der Waals surface area contributed by atoms with Crippen LogP contribution < -0.4 is 10.6 Å². The van der Waals surface area contributed by atoms with Gasteiger partial charge in [-0.15, -0.1) is 0 Å². The van der Waals surface area contributed by atoms with Gasteiger partial charge in [0.2, 0.25) is 0 Å². The third kappa shape index (κ3) is 5.48. The fourth-order valence-corrected chi connectivity index (χ4v) is 3.81. The van der Waals surface area contributed by atoms with Crippen LogP contribution in [0.15, 0.2) is 83.3 Å². The number of amides is 1. The summed E-state index contributed by atoms with van der Waals surface area (Å²) in [6.07, 6.45) is 0. The maximum atomic E-state index is 13.0. The van der Waals surface area contributed by atoms with E-state index >= 15 is 0 Å². The van der Waals surface area contributed by atoms with Gasteiger partial charge in [-0.25, -0.2) is 0 Å². The molecule has 0 aliphatic carbocycles. The Morgan fingerprint density at radius 2 is 1.59 bits per heavy atom. The highest BCUT2D eigenvalue weighted by Crippen LogP contribution is 2.29. The van der Waals surface area contributed by atoms with Crippen molar-refractivity contribution in [3.8, 4) is 11.3 Å². The number of rotatable bonds is 5. The molecule has 4 aromatic rings. The van der Waals surface area contributed by atoms with Crippen molar-refractivity contribution in [1.82, 2.24) is 5.32 Å². The molecular weight excluding hydrogens is 515 g/mol. The van der Waals surface area contributed by atoms with Crippen LogP contribution in [0.25, 0.3) is 11.3 Å². The molecule has 0 saturated carbocycles. The first-order valence-electron chi connectivity index (χ1n) is 9.89. The molecule has 2 N–H and O–H groups in total. The highest BCUT2D eigenvalue weighted by atomic mass is 35.5. The normalized spacial score (nSPS) is 10.6. The molecule has 0 saturated heterocycles. The van der Waals surface area contributed by atoms with Crippen LogP contribution >= 0.6 is 47.0 Å². The maximum Gasteiger partial charge on any atom is 0.293 e. The first-order chi connectivity index (χ1) is 16.3. The lowest BCUT2D eigenvalue weighted by atomic mass is 10.0. The van der Waals surface area contributed by atoms with Crippen molar-refractivity contribution in [2.24, 2.45) is 0 Å². The van der Waals surface area contributed by atoms with Gasteiger partial charge in [-0.3, -0.25) is 14.9 Å². The largest absolute Gasteiger partial charge is 0.451 e. The molecule has 0 fully saturated rings. The molecule has 0 spiro atoms. The van der Waals surface area contributed by atoms with E-state index < -0.39 is 5.91 Å². The van der Waals surface area contributed by atoms with Crippen LogP contribution in [0.4, 0.5) is 5.69 Å².